The molecule has 18 heavy (non-hydrogen) atoms. The zero-order valence-electron chi connectivity index (χ0n) is 10.8. The Hall–Kier alpha value is -1.67. The Bertz CT molecular complexity index is 522. The number of hydrogen-bond donors (Lipinski definition) is 1. The molecule has 1 aromatic rings. The lowest BCUT2D eigenvalue weighted by molar-refractivity contribution is -0.115. The molecule has 0 heterocycles. The third kappa shape index (κ3) is 2.96. The second-order valence-electron chi connectivity index (χ2n) is 5.42. The van der Waals surface area contributed by atoms with E-state index in [1.54, 1.807) is 6.08 Å². The zero-order chi connectivity index (χ0) is 13.2. The summed E-state index contributed by atoms with van der Waals surface area (Å²) in [5.74, 6) is 0.157. The molecule has 2 heteroatoms. The first-order valence-corrected chi connectivity index (χ1v) is 6.14. The van der Waals surface area contributed by atoms with Gasteiger partial charge in [0.1, 0.15) is 0 Å². The van der Waals surface area contributed by atoms with Crippen molar-refractivity contribution < 1.29 is 9.90 Å². The van der Waals surface area contributed by atoms with Crippen molar-refractivity contribution in [1.82, 2.24) is 0 Å². The van der Waals surface area contributed by atoms with Crippen LogP contribution in [0.3, 0.4) is 0 Å². The molecule has 1 aromatic carbocycles. The van der Waals surface area contributed by atoms with Gasteiger partial charge in [0, 0.05) is 6.42 Å². The average Bonchev–Trinajstić information content (AvgIpc) is 2.47. The lowest BCUT2D eigenvalue weighted by Gasteiger charge is -2.18. The van der Waals surface area contributed by atoms with Crippen molar-refractivity contribution in [1.29, 1.82) is 0 Å². The number of rotatable bonds is 2. The summed E-state index contributed by atoms with van der Waals surface area (Å²) in [4.78, 5) is 11.6. The molecule has 1 aliphatic rings. The van der Waals surface area contributed by atoms with E-state index in [0.29, 0.717) is 6.42 Å². The molecule has 0 aromatic heterocycles. The molecule has 0 saturated carbocycles. The summed E-state index contributed by atoms with van der Waals surface area (Å²) < 4.78 is 0. The highest BCUT2D eigenvalue weighted by atomic mass is 16.3. The number of aliphatic hydroxyl groups is 1. The van der Waals surface area contributed by atoms with E-state index in [-0.39, 0.29) is 17.8 Å². The van der Waals surface area contributed by atoms with E-state index in [9.17, 15) is 4.79 Å². The van der Waals surface area contributed by atoms with Gasteiger partial charge in [-0.05, 0) is 34.3 Å². The molecule has 1 N–H and O–H groups in total. The molecule has 1 aliphatic carbocycles. The highest BCUT2D eigenvalue weighted by Gasteiger charge is 2.21. The number of allylic oxidation sites excluding steroid dienone is 4. The number of carbonyl (C=O) groups is 1. The van der Waals surface area contributed by atoms with Crippen LogP contribution in [0, 0.1) is 5.41 Å². The number of hydrogen-bond acceptors (Lipinski definition) is 2. The molecule has 0 saturated heterocycles. The third-order valence-corrected chi connectivity index (χ3v) is 3.07. The summed E-state index contributed by atoms with van der Waals surface area (Å²) in [5.41, 5.74) is 2.84. The SMILES string of the molecule is CC1(C)C=C(c2cccc(CO)c2)C=CC(=O)C1. The van der Waals surface area contributed by atoms with Crippen LogP contribution in [0.15, 0.2) is 42.5 Å². The molecule has 0 amide bonds. The maximum Gasteiger partial charge on any atom is 0.156 e. The molecule has 0 bridgehead atoms. The Morgan fingerprint density at radius 1 is 1.28 bits per heavy atom. The summed E-state index contributed by atoms with van der Waals surface area (Å²) in [5, 5.41) is 9.17. The van der Waals surface area contributed by atoms with Crippen molar-refractivity contribution in [2.45, 2.75) is 26.9 Å². The summed E-state index contributed by atoms with van der Waals surface area (Å²) in [6.45, 7) is 4.16. The minimum atomic E-state index is -0.134. The maximum atomic E-state index is 11.6. The molecule has 0 fully saturated rings. The summed E-state index contributed by atoms with van der Waals surface area (Å²) in [6.07, 6.45) is 6.18. The first-order valence-electron chi connectivity index (χ1n) is 6.14. The number of aliphatic hydroxyl groups excluding tert-OH is 1. The highest BCUT2D eigenvalue weighted by Crippen LogP contribution is 2.31. The average molecular weight is 242 g/mol. The van der Waals surface area contributed by atoms with Crippen LogP contribution in [0.4, 0.5) is 0 Å². The monoisotopic (exact) mass is 242 g/mol. The number of carbonyl (C=O) groups excluding carboxylic acids is 1. The first-order chi connectivity index (χ1) is 8.50. The quantitative estimate of drug-likeness (QED) is 0.865. The van der Waals surface area contributed by atoms with E-state index in [2.05, 4.69) is 19.9 Å². The second-order valence-corrected chi connectivity index (χ2v) is 5.42. The van der Waals surface area contributed by atoms with Crippen LogP contribution in [0.5, 0.6) is 0 Å². The lowest BCUT2D eigenvalue weighted by Crippen LogP contribution is -2.11. The van der Waals surface area contributed by atoms with Crippen molar-refractivity contribution >= 4 is 11.4 Å². The van der Waals surface area contributed by atoms with E-state index in [4.69, 9.17) is 5.11 Å². The number of benzene rings is 1. The van der Waals surface area contributed by atoms with Crippen LogP contribution in [0.1, 0.15) is 31.4 Å². The molecule has 94 valence electrons. The van der Waals surface area contributed by atoms with Crippen LogP contribution in [0.2, 0.25) is 0 Å². The van der Waals surface area contributed by atoms with Crippen molar-refractivity contribution in [3.05, 3.63) is 53.6 Å². The fourth-order valence-electron chi connectivity index (χ4n) is 2.24. The molecule has 2 rings (SSSR count). The van der Waals surface area contributed by atoms with Gasteiger partial charge in [0.25, 0.3) is 0 Å². The van der Waals surface area contributed by atoms with Gasteiger partial charge in [-0.3, -0.25) is 4.79 Å². The van der Waals surface area contributed by atoms with Crippen molar-refractivity contribution in [3.8, 4) is 0 Å². The van der Waals surface area contributed by atoms with Crippen LogP contribution in [0.25, 0.3) is 5.57 Å². The summed E-state index contributed by atoms with van der Waals surface area (Å²) in [7, 11) is 0. The van der Waals surface area contributed by atoms with Gasteiger partial charge in [-0.25, -0.2) is 0 Å². The molecule has 0 aliphatic heterocycles. The van der Waals surface area contributed by atoms with Crippen LogP contribution in [-0.2, 0) is 11.4 Å². The minimum absolute atomic E-state index is 0.0349. The largest absolute Gasteiger partial charge is 0.392 e. The van der Waals surface area contributed by atoms with E-state index < -0.39 is 0 Å². The van der Waals surface area contributed by atoms with Crippen LogP contribution < -0.4 is 0 Å². The van der Waals surface area contributed by atoms with Crippen molar-refractivity contribution in [3.63, 3.8) is 0 Å². The fourth-order valence-corrected chi connectivity index (χ4v) is 2.24. The molecular formula is C16H18O2. The lowest BCUT2D eigenvalue weighted by atomic mass is 9.86. The van der Waals surface area contributed by atoms with E-state index >= 15 is 0 Å². The van der Waals surface area contributed by atoms with E-state index in [1.165, 1.54) is 0 Å². The first kappa shape index (κ1) is 12.8. The topological polar surface area (TPSA) is 37.3 Å². The third-order valence-electron chi connectivity index (χ3n) is 3.07. The second kappa shape index (κ2) is 4.91. The molecule has 0 atom stereocenters. The molecule has 2 nitrogen and oxygen atoms in total. The summed E-state index contributed by atoms with van der Waals surface area (Å²) in [6, 6.07) is 7.78. The molecular weight excluding hydrogens is 224 g/mol. The molecule has 0 radical (unpaired) electrons. The van der Waals surface area contributed by atoms with Crippen LogP contribution >= 0.6 is 0 Å². The van der Waals surface area contributed by atoms with E-state index in [0.717, 1.165) is 16.7 Å². The van der Waals surface area contributed by atoms with Gasteiger partial charge in [0.2, 0.25) is 0 Å². The maximum absolute atomic E-state index is 11.6. The zero-order valence-corrected chi connectivity index (χ0v) is 10.8. The van der Waals surface area contributed by atoms with Gasteiger partial charge in [-0.1, -0.05) is 44.2 Å². The van der Waals surface area contributed by atoms with Gasteiger partial charge < -0.3 is 5.11 Å². The standard InChI is InChI=1S/C16H18O2/c1-16(2)9-14(6-7-15(18)10-16)13-5-3-4-12(8-13)11-17/h3-9,17H,10-11H2,1-2H3. The van der Waals surface area contributed by atoms with Crippen molar-refractivity contribution in [2.75, 3.05) is 0 Å². The minimum Gasteiger partial charge on any atom is -0.392 e. The van der Waals surface area contributed by atoms with Gasteiger partial charge in [0.05, 0.1) is 6.61 Å². The van der Waals surface area contributed by atoms with Crippen LogP contribution in [-0.4, -0.2) is 10.9 Å². The van der Waals surface area contributed by atoms with Gasteiger partial charge >= 0.3 is 0 Å². The van der Waals surface area contributed by atoms with Crippen molar-refractivity contribution in [2.24, 2.45) is 5.41 Å². The number of ketones is 1. The Morgan fingerprint density at radius 3 is 2.78 bits per heavy atom. The normalized spacial score (nSPS) is 18.4. The summed E-state index contributed by atoms with van der Waals surface area (Å²) >= 11 is 0. The molecule has 0 unspecified atom stereocenters. The predicted octanol–water partition coefficient (Wildman–Crippen LogP) is 3.12. The smallest absolute Gasteiger partial charge is 0.156 e. The Balaban J connectivity index is 2.44. The molecule has 0 spiro atoms. The van der Waals surface area contributed by atoms with Gasteiger partial charge in [0.15, 0.2) is 5.78 Å². The fraction of sp³-hybridized carbons (Fsp3) is 0.312. The highest BCUT2D eigenvalue weighted by molar-refractivity contribution is 5.95. The Kier molecular flexibility index (Phi) is 3.48. The van der Waals surface area contributed by atoms with Gasteiger partial charge in [-0.15, -0.1) is 0 Å². The Morgan fingerprint density at radius 2 is 2.06 bits per heavy atom. The predicted molar refractivity (Wildman–Crippen MR) is 72.9 cm³/mol. The Labute approximate surface area is 108 Å². The van der Waals surface area contributed by atoms with E-state index in [1.807, 2.05) is 30.3 Å². The van der Waals surface area contributed by atoms with Gasteiger partial charge in [-0.2, -0.15) is 0 Å².